The summed E-state index contributed by atoms with van der Waals surface area (Å²) in [5, 5.41) is 23.9. The highest BCUT2D eigenvalue weighted by molar-refractivity contribution is 6.58. The molecular formula is C29H33BN2O8. The third kappa shape index (κ3) is 9.75. The van der Waals surface area contributed by atoms with Crippen molar-refractivity contribution in [3.05, 3.63) is 95.1 Å². The number of alkyl carbamates (subject to hydrolysis) is 1. The molecule has 1 unspecified atom stereocenters. The first-order valence-electron chi connectivity index (χ1n) is 12.9. The fourth-order valence-corrected chi connectivity index (χ4v) is 3.95. The van der Waals surface area contributed by atoms with Crippen LogP contribution in [0.2, 0.25) is 0 Å². The molecule has 3 aromatic carbocycles. The maximum atomic E-state index is 12.5. The second-order valence-electron chi connectivity index (χ2n) is 8.96. The van der Waals surface area contributed by atoms with Crippen LogP contribution in [0.3, 0.4) is 0 Å². The number of amides is 2. The molecule has 0 saturated heterocycles. The van der Waals surface area contributed by atoms with Crippen molar-refractivity contribution in [1.29, 1.82) is 0 Å². The van der Waals surface area contributed by atoms with Gasteiger partial charge in [-0.3, -0.25) is 10.1 Å². The number of anilines is 1. The van der Waals surface area contributed by atoms with Crippen LogP contribution in [0.4, 0.5) is 15.3 Å². The van der Waals surface area contributed by atoms with Crippen LogP contribution in [0.15, 0.2) is 72.8 Å². The van der Waals surface area contributed by atoms with Crippen molar-refractivity contribution in [3.8, 4) is 0 Å². The fraction of sp³-hybridized carbons (Fsp3) is 0.276. The minimum atomic E-state index is -1.54. The van der Waals surface area contributed by atoms with Crippen LogP contribution >= 0.6 is 0 Å². The number of carbonyl (C=O) groups excluding carboxylic acids is 3. The zero-order valence-corrected chi connectivity index (χ0v) is 22.5. The van der Waals surface area contributed by atoms with E-state index in [1.54, 1.807) is 49.4 Å². The van der Waals surface area contributed by atoms with Gasteiger partial charge in [0.05, 0.1) is 25.7 Å². The van der Waals surface area contributed by atoms with E-state index in [0.717, 1.165) is 16.7 Å². The van der Waals surface area contributed by atoms with E-state index >= 15 is 0 Å². The maximum absolute atomic E-state index is 12.5. The zero-order valence-electron chi connectivity index (χ0n) is 22.5. The number of hydrogen-bond donors (Lipinski definition) is 4. The Kier molecular flexibility index (Phi) is 11.5. The van der Waals surface area contributed by atoms with Crippen LogP contribution in [-0.4, -0.2) is 48.5 Å². The summed E-state index contributed by atoms with van der Waals surface area (Å²) >= 11 is 0. The molecule has 3 aromatic rings. The second-order valence-corrected chi connectivity index (χ2v) is 8.96. The lowest BCUT2D eigenvalue weighted by Crippen LogP contribution is -2.31. The molecule has 0 aliphatic heterocycles. The molecule has 0 aliphatic rings. The number of hydrogen-bond acceptors (Lipinski definition) is 8. The number of ether oxygens (including phenoxy) is 3. The first-order valence-corrected chi connectivity index (χ1v) is 12.9. The van der Waals surface area contributed by atoms with Gasteiger partial charge in [-0.15, -0.1) is 0 Å². The van der Waals surface area contributed by atoms with Crippen molar-refractivity contribution < 1.29 is 38.6 Å². The summed E-state index contributed by atoms with van der Waals surface area (Å²) < 4.78 is 15.7. The summed E-state index contributed by atoms with van der Waals surface area (Å²) in [6.07, 6.45) is -1.06. The molecular weight excluding hydrogens is 515 g/mol. The van der Waals surface area contributed by atoms with Gasteiger partial charge in [-0.25, -0.2) is 9.59 Å². The van der Waals surface area contributed by atoms with Gasteiger partial charge in [-0.2, -0.15) is 0 Å². The molecule has 0 bridgehead atoms. The molecule has 0 aliphatic carbocycles. The normalized spacial score (nSPS) is 11.2. The topological polar surface area (TPSA) is 143 Å². The molecule has 0 fully saturated rings. The third-order valence-corrected chi connectivity index (χ3v) is 5.99. The van der Waals surface area contributed by atoms with Crippen LogP contribution < -0.4 is 16.1 Å². The third-order valence-electron chi connectivity index (χ3n) is 5.99. The Morgan fingerprint density at radius 1 is 0.900 bits per heavy atom. The highest BCUT2D eigenvalue weighted by atomic mass is 16.6. The van der Waals surface area contributed by atoms with Gasteiger partial charge in [0.2, 0.25) is 0 Å². The fourth-order valence-electron chi connectivity index (χ4n) is 3.95. The Morgan fingerprint density at radius 2 is 1.68 bits per heavy atom. The molecule has 11 heteroatoms. The van der Waals surface area contributed by atoms with Crippen LogP contribution in [0.25, 0.3) is 0 Å². The standard InChI is InChI=1S/C29H33BN2O8/c1-3-38-27(33)18-26(32-29(35)40-19-21-8-5-4-6-9-21)23-10-7-11-25(17-23)31-28(34)39-15-14-22-12-13-24(30(36)37)16-20(22)2/h4-13,16-17,26,36-37H,3,14-15,18-19H2,1-2H3,(H,31,34)(H,32,35). The summed E-state index contributed by atoms with van der Waals surface area (Å²) in [4.78, 5) is 37.2. The van der Waals surface area contributed by atoms with Crippen LogP contribution in [0.1, 0.15) is 41.6 Å². The van der Waals surface area contributed by atoms with E-state index in [-0.39, 0.29) is 26.2 Å². The lowest BCUT2D eigenvalue weighted by Gasteiger charge is -2.19. The monoisotopic (exact) mass is 548 g/mol. The largest absolute Gasteiger partial charge is 0.488 e. The number of rotatable bonds is 12. The Morgan fingerprint density at radius 3 is 2.38 bits per heavy atom. The average Bonchev–Trinajstić information content (AvgIpc) is 2.93. The summed E-state index contributed by atoms with van der Waals surface area (Å²) in [5.41, 5.74) is 3.94. The van der Waals surface area contributed by atoms with Gasteiger partial charge in [0.15, 0.2) is 0 Å². The van der Waals surface area contributed by atoms with Crippen LogP contribution in [0.5, 0.6) is 0 Å². The first kappa shape index (κ1) is 30.2. The average molecular weight is 548 g/mol. The van der Waals surface area contributed by atoms with Crippen LogP contribution in [0, 0.1) is 6.92 Å². The number of nitrogens with one attached hydrogen (secondary N) is 2. The maximum Gasteiger partial charge on any atom is 0.488 e. The van der Waals surface area contributed by atoms with Gasteiger partial charge in [-0.1, -0.05) is 60.7 Å². The van der Waals surface area contributed by atoms with Crippen molar-refractivity contribution in [2.45, 2.75) is 39.3 Å². The van der Waals surface area contributed by atoms with Crippen molar-refractivity contribution in [2.24, 2.45) is 0 Å². The first-order chi connectivity index (χ1) is 19.2. The summed E-state index contributed by atoms with van der Waals surface area (Å²) in [5.74, 6) is -0.495. The quantitative estimate of drug-likeness (QED) is 0.153. The molecule has 2 amide bonds. The van der Waals surface area contributed by atoms with Gasteiger partial charge in [0, 0.05) is 12.1 Å². The second kappa shape index (κ2) is 15.3. The molecule has 4 N–H and O–H groups in total. The number of carbonyl (C=O) groups is 3. The predicted molar refractivity (Wildman–Crippen MR) is 150 cm³/mol. The van der Waals surface area contributed by atoms with Crippen LogP contribution in [-0.2, 0) is 32.0 Å². The van der Waals surface area contributed by atoms with E-state index in [2.05, 4.69) is 10.6 Å². The summed E-state index contributed by atoms with van der Waals surface area (Å²) in [6.45, 7) is 3.91. The number of esters is 1. The van der Waals surface area contributed by atoms with Gasteiger partial charge in [0.25, 0.3) is 0 Å². The molecule has 210 valence electrons. The van der Waals surface area contributed by atoms with Gasteiger partial charge >= 0.3 is 25.3 Å². The van der Waals surface area contributed by atoms with E-state index in [9.17, 15) is 24.4 Å². The number of aryl methyl sites for hydroxylation is 1. The Labute approximate surface area is 233 Å². The van der Waals surface area contributed by atoms with E-state index in [1.807, 2.05) is 37.3 Å². The molecule has 0 spiro atoms. The van der Waals surface area contributed by atoms with Crippen molar-refractivity contribution >= 4 is 36.4 Å². The Balaban J connectivity index is 1.59. The van der Waals surface area contributed by atoms with Gasteiger partial charge < -0.3 is 29.6 Å². The minimum Gasteiger partial charge on any atom is -0.466 e. The predicted octanol–water partition coefficient (Wildman–Crippen LogP) is 3.39. The molecule has 0 aromatic heterocycles. The molecule has 0 saturated carbocycles. The van der Waals surface area contributed by atoms with Gasteiger partial charge in [0.1, 0.15) is 6.61 Å². The smallest absolute Gasteiger partial charge is 0.466 e. The van der Waals surface area contributed by atoms with E-state index in [4.69, 9.17) is 14.2 Å². The summed E-state index contributed by atoms with van der Waals surface area (Å²) in [6, 6.07) is 20.2. The molecule has 10 nitrogen and oxygen atoms in total. The Bertz CT molecular complexity index is 1290. The molecule has 0 radical (unpaired) electrons. The lowest BCUT2D eigenvalue weighted by molar-refractivity contribution is -0.143. The number of benzene rings is 3. The molecule has 0 heterocycles. The van der Waals surface area contributed by atoms with Gasteiger partial charge in [-0.05, 0) is 53.7 Å². The lowest BCUT2D eigenvalue weighted by atomic mass is 9.79. The zero-order chi connectivity index (χ0) is 28.9. The van der Waals surface area contributed by atoms with Crippen molar-refractivity contribution in [1.82, 2.24) is 5.32 Å². The SMILES string of the molecule is CCOC(=O)CC(NC(=O)OCc1ccccc1)c1cccc(NC(=O)OCCc2ccc(B(O)O)cc2C)c1. The molecule has 3 rings (SSSR count). The van der Waals surface area contributed by atoms with E-state index < -0.39 is 31.3 Å². The highest BCUT2D eigenvalue weighted by Crippen LogP contribution is 2.22. The molecule has 40 heavy (non-hydrogen) atoms. The van der Waals surface area contributed by atoms with E-state index in [0.29, 0.717) is 23.1 Å². The minimum absolute atomic E-state index is 0.0687. The summed E-state index contributed by atoms with van der Waals surface area (Å²) in [7, 11) is -1.54. The Hall–Kier alpha value is -4.35. The van der Waals surface area contributed by atoms with Crippen molar-refractivity contribution in [3.63, 3.8) is 0 Å². The highest BCUT2D eigenvalue weighted by Gasteiger charge is 2.21. The van der Waals surface area contributed by atoms with Crippen molar-refractivity contribution in [2.75, 3.05) is 18.5 Å². The molecule has 1 atom stereocenters. The van der Waals surface area contributed by atoms with E-state index in [1.165, 1.54) is 0 Å².